The van der Waals surface area contributed by atoms with Crippen molar-refractivity contribution in [1.82, 2.24) is 10.3 Å². The molecule has 0 spiro atoms. The molecular weight excluding hydrogens is 404 g/mol. The molecule has 0 radical (unpaired) electrons. The van der Waals surface area contributed by atoms with E-state index in [1.165, 1.54) is 31.0 Å². The number of ether oxygens (including phenoxy) is 1. The molecule has 0 aliphatic carbocycles. The van der Waals surface area contributed by atoms with Crippen molar-refractivity contribution in [2.75, 3.05) is 20.8 Å². The van der Waals surface area contributed by atoms with Crippen LogP contribution in [0.5, 0.6) is 0 Å². The van der Waals surface area contributed by atoms with E-state index in [2.05, 4.69) is 20.4 Å². The summed E-state index contributed by atoms with van der Waals surface area (Å²) < 4.78 is 33.0. The van der Waals surface area contributed by atoms with Crippen molar-refractivity contribution in [3.63, 3.8) is 0 Å². The van der Waals surface area contributed by atoms with E-state index in [0.717, 1.165) is 18.2 Å². The normalized spacial score (nSPS) is 20.4. The first kappa shape index (κ1) is 22.9. The van der Waals surface area contributed by atoms with Crippen molar-refractivity contribution in [3.05, 3.63) is 35.4 Å². The van der Waals surface area contributed by atoms with Gasteiger partial charge >= 0.3 is 0 Å². The minimum Gasteiger partial charge on any atom is -0.396 e. The number of hydrazone groups is 1. The average molecular weight is 429 g/mol. The van der Waals surface area contributed by atoms with Crippen LogP contribution >= 0.6 is 11.8 Å². The predicted molar refractivity (Wildman–Crippen MR) is 108 cm³/mol. The van der Waals surface area contributed by atoms with Crippen LogP contribution in [0.3, 0.4) is 0 Å². The highest BCUT2D eigenvalue weighted by atomic mass is 32.2. The number of rotatable bonds is 8. The fraction of sp³-hybridized carbons (Fsp3) is 0.500. The highest BCUT2D eigenvalue weighted by molar-refractivity contribution is 8.15. The lowest BCUT2D eigenvalue weighted by Crippen LogP contribution is -2.46. The highest BCUT2D eigenvalue weighted by Crippen LogP contribution is 2.43. The van der Waals surface area contributed by atoms with Gasteiger partial charge in [0.1, 0.15) is 34.8 Å². The van der Waals surface area contributed by atoms with Crippen molar-refractivity contribution in [2.45, 2.75) is 37.7 Å². The lowest BCUT2D eigenvalue weighted by atomic mass is 10.1. The predicted octanol–water partition coefficient (Wildman–Crippen LogP) is 2.20. The van der Waals surface area contributed by atoms with Crippen LogP contribution in [0.15, 0.2) is 28.5 Å². The SMILES string of the molecule is CO/N=C(/N)NCCC[C@@]1(C)SC(c2cc(F)ccc2F)=NN1C(=O)[C@H](C)OC. The zero-order chi connectivity index (χ0) is 21.6. The molecule has 1 aliphatic heterocycles. The Morgan fingerprint density at radius 3 is 2.83 bits per heavy atom. The molecule has 1 aromatic carbocycles. The van der Waals surface area contributed by atoms with E-state index in [1.54, 1.807) is 6.92 Å². The number of carbonyl (C=O) groups is 1. The Morgan fingerprint density at radius 2 is 2.17 bits per heavy atom. The zero-order valence-corrected chi connectivity index (χ0v) is 17.6. The third kappa shape index (κ3) is 5.57. The number of nitrogens with zero attached hydrogens (tertiary/aromatic N) is 3. The minimum atomic E-state index is -0.813. The number of carbonyl (C=O) groups excluding carboxylic acids is 1. The molecule has 1 heterocycles. The molecule has 1 amide bonds. The number of oxime groups is 1. The van der Waals surface area contributed by atoms with Crippen LogP contribution in [-0.4, -0.2) is 53.7 Å². The van der Waals surface area contributed by atoms with Gasteiger partial charge in [0.2, 0.25) is 5.96 Å². The summed E-state index contributed by atoms with van der Waals surface area (Å²) in [7, 11) is 2.80. The second kappa shape index (κ2) is 9.88. The third-order valence-corrected chi connectivity index (χ3v) is 5.65. The van der Waals surface area contributed by atoms with Crippen LogP contribution in [0.4, 0.5) is 8.78 Å². The fourth-order valence-electron chi connectivity index (χ4n) is 2.71. The number of halogens is 2. The van der Waals surface area contributed by atoms with Crippen molar-refractivity contribution >= 4 is 28.7 Å². The molecule has 8 nitrogen and oxygen atoms in total. The van der Waals surface area contributed by atoms with Gasteiger partial charge in [-0.3, -0.25) is 4.79 Å². The largest absolute Gasteiger partial charge is 0.396 e. The lowest BCUT2D eigenvalue weighted by Gasteiger charge is -2.33. The number of methoxy groups -OCH3 is 1. The number of hydrogen-bond acceptors (Lipinski definition) is 6. The van der Waals surface area contributed by atoms with E-state index in [-0.39, 0.29) is 22.5 Å². The summed E-state index contributed by atoms with van der Waals surface area (Å²) >= 11 is 1.20. The summed E-state index contributed by atoms with van der Waals surface area (Å²) in [6, 6.07) is 3.14. The van der Waals surface area contributed by atoms with E-state index in [1.807, 2.05) is 6.92 Å². The molecular formula is C18H25F2N5O3S. The zero-order valence-electron chi connectivity index (χ0n) is 16.7. The van der Waals surface area contributed by atoms with Crippen LogP contribution in [0.1, 0.15) is 32.3 Å². The van der Waals surface area contributed by atoms with Crippen molar-refractivity contribution in [3.8, 4) is 0 Å². The van der Waals surface area contributed by atoms with Crippen LogP contribution in [0, 0.1) is 11.6 Å². The molecule has 0 unspecified atom stereocenters. The molecule has 0 bridgehead atoms. The first-order valence-electron chi connectivity index (χ1n) is 8.92. The molecule has 1 aliphatic rings. The van der Waals surface area contributed by atoms with Crippen LogP contribution in [-0.2, 0) is 14.4 Å². The number of thioether (sulfide) groups is 1. The molecule has 0 saturated heterocycles. The van der Waals surface area contributed by atoms with E-state index in [0.29, 0.717) is 19.4 Å². The summed E-state index contributed by atoms with van der Waals surface area (Å²) in [5, 5.41) is 12.3. The van der Waals surface area contributed by atoms with E-state index in [4.69, 9.17) is 10.5 Å². The van der Waals surface area contributed by atoms with Gasteiger partial charge in [-0.1, -0.05) is 11.8 Å². The lowest BCUT2D eigenvalue weighted by molar-refractivity contribution is -0.144. The average Bonchev–Trinajstić information content (AvgIpc) is 3.03. The molecule has 160 valence electrons. The molecule has 0 aromatic heterocycles. The first-order chi connectivity index (χ1) is 13.7. The minimum absolute atomic E-state index is 0.0104. The van der Waals surface area contributed by atoms with Gasteiger partial charge in [0.15, 0.2) is 0 Å². The molecule has 11 heteroatoms. The Kier molecular flexibility index (Phi) is 7.80. The van der Waals surface area contributed by atoms with Gasteiger partial charge in [0.25, 0.3) is 5.91 Å². The summed E-state index contributed by atoms with van der Waals surface area (Å²) in [5.41, 5.74) is 5.61. The van der Waals surface area contributed by atoms with Crippen LogP contribution in [0.25, 0.3) is 0 Å². The number of nitrogens with two attached hydrogens (primary N) is 1. The first-order valence-corrected chi connectivity index (χ1v) is 9.74. The van der Waals surface area contributed by atoms with Gasteiger partial charge in [0, 0.05) is 19.2 Å². The third-order valence-electron chi connectivity index (χ3n) is 4.34. The van der Waals surface area contributed by atoms with Crippen molar-refractivity contribution in [1.29, 1.82) is 0 Å². The molecule has 2 rings (SSSR count). The quantitative estimate of drug-likeness (QED) is 0.284. The molecule has 29 heavy (non-hydrogen) atoms. The maximum absolute atomic E-state index is 14.3. The molecule has 3 N–H and O–H groups in total. The monoisotopic (exact) mass is 429 g/mol. The van der Waals surface area contributed by atoms with E-state index in [9.17, 15) is 13.6 Å². The van der Waals surface area contributed by atoms with Gasteiger partial charge in [-0.05, 0) is 50.0 Å². The number of nitrogens with one attached hydrogen (secondary N) is 1. The molecule has 2 atom stereocenters. The summed E-state index contributed by atoms with van der Waals surface area (Å²) in [6.07, 6.45) is 0.359. The topological polar surface area (TPSA) is 102 Å². The Morgan fingerprint density at radius 1 is 1.45 bits per heavy atom. The Balaban J connectivity index is 2.22. The van der Waals surface area contributed by atoms with Gasteiger partial charge in [-0.15, -0.1) is 0 Å². The van der Waals surface area contributed by atoms with E-state index >= 15 is 0 Å². The molecule has 0 saturated carbocycles. The molecule has 0 fully saturated rings. The van der Waals surface area contributed by atoms with Gasteiger partial charge in [-0.2, -0.15) is 5.10 Å². The van der Waals surface area contributed by atoms with Gasteiger partial charge < -0.3 is 20.6 Å². The number of guanidine groups is 1. The number of benzene rings is 1. The molecule has 1 aromatic rings. The van der Waals surface area contributed by atoms with Crippen molar-refractivity contribution < 1.29 is 23.1 Å². The van der Waals surface area contributed by atoms with Crippen molar-refractivity contribution in [2.24, 2.45) is 16.0 Å². The second-order valence-electron chi connectivity index (χ2n) is 6.52. The second-order valence-corrected chi connectivity index (χ2v) is 7.99. The number of amides is 1. The smallest absolute Gasteiger partial charge is 0.272 e. The maximum atomic E-state index is 14.3. The van der Waals surface area contributed by atoms with Gasteiger partial charge in [-0.25, -0.2) is 13.8 Å². The van der Waals surface area contributed by atoms with Crippen LogP contribution < -0.4 is 11.1 Å². The summed E-state index contributed by atoms with van der Waals surface area (Å²) in [5.74, 6) is -1.43. The Hall–Kier alpha value is -2.40. The van der Waals surface area contributed by atoms with E-state index < -0.39 is 22.6 Å². The number of hydrogen-bond donors (Lipinski definition) is 2. The summed E-state index contributed by atoms with van der Waals surface area (Å²) in [6.45, 7) is 3.89. The maximum Gasteiger partial charge on any atom is 0.272 e. The van der Waals surface area contributed by atoms with Gasteiger partial charge in [0.05, 0.1) is 0 Å². The Labute approximate surface area is 172 Å². The summed E-state index contributed by atoms with van der Waals surface area (Å²) in [4.78, 5) is 16.5. The van der Waals surface area contributed by atoms with Crippen LogP contribution in [0.2, 0.25) is 0 Å². The standard InChI is InChI=1S/C18H25F2N5O3S/c1-11(27-3)16(26)25-18(2,8-5-9-22-17(21)24-28-4)29-15(23-25)13-10-12(19)6-7-14(13)20/h6-7,10-11H,5,8-9H2,1-4H3,(H3,21,22,24)/t11-,18+/m0/s1. The fourth-order valence-corrected chi connectivity index (χ4v) is 3.98. The Bertz CT molecular complexity index is 808. The highest BCUT2D eigenvalue weighted by Gasteiger charge is 2.44.